The molecule has 114 valence electrons. The number of fused-ring (bicyclic) bond motifs is 2. The summed E-state index contributed by atoms with van der Waals surface area (Å²) >= 11 is 3.49. The summed E-state index contributed by atoms with van der Waals surface area (Å²) in [6.07, 6.45) is 3.81. The molecule has 0 aliphatic heterocycles. The second kappa shape index (κ2) is 4.84. The van der Waals surface area contributed by atoms with Crippen molar-refractivity contribution in [2.45, 2.75) is 53.0 Å². The van der Waals surface area contributed by atoms with Crippen LogP contribution in [0, 0.1) is 23.7 Å². The van der Waals surface area contributed by atoms with Crippen molar-refractivity contribution in [1.29, 1.82) is 0 Å². The van der Waals surface area contributed by atoms with Crippen molar-refractivity contribution in [3.05, 3.63) is 33.8 Å². The minimum Gasteiger partial charge on any atom is -0.348 e. The first kappa shape index (κ1) is 15.1. The monoisotopic (exact) mass is 349 g/mol. The lowest BCUT2D eigenvalue weighted by molar-refractivity contribution is 0.0737. The fraction of sp³-hybridized carbons (Fsp3) is 0.611. The van der Waals surface area contributed by atoms with Crippen molar-refractivity contribution in [2.24, 2.45) is 16.7 Å². The molecular weight excluding hydrogens is 326 g/mol. The van der Waals surface area contributed by atoms with Crippen LogP contribution in [0.15, 0.2) is 22.7 Å². The van der Waals surface area contributed by atoms with Crippen molar-refractivity contribution < 1.29 is 4.79 Å². The Morgan fingerprint density at radius 2 is 2.05 bits per heavy atom. The summed E-state index contributed by atoms with van der Waals surface area (Å²) in [6.45, 7) is 9.00. The molecule has 0 saturated heterocycles. The third-order valence-electron chi connectivity index (χ3n) is 5.97. The van der Waals surface area contributed by atoms with E-state index in [-0.39, 0.29) is 22.8 Å². The number of aryl methyl sites for hydroxylation is 1. The first-order valence-electron chi connectivity index (χ1n) is 7.81. The Bertz CT molecular complexity index is 590. The number of carbonyl (C=O) groups excluding carboxylic acids is 1. The van der Waals surface area contributed by atoms with Crippen molar-refractivity contribution >= 4 is 21.8 Å². The molecule has 2 fully saturated rings. The molecule has 21 heavy (non-hydrogen) atoms. The highest BCUT2D eigenvalue weighted by Crippen LogP contribution is 2.62. The Labute approximate surface area is 135 Å². The number of carbonyl (C=O) groups is 1. The maximum Gasteiger partial charge on any atom is 0.251 e. The van der Waals surface area contributed by atoms with E-state index in [1.807, 2.05) is 25.1 Å². The van der Waals surface area contributed by atoms with Crippen LogP contribution in [0.1, 0.15) is 56.0 Å². The van der Waals surface area contributed by atoms with Crippen LogP contribution in [0.2, 0.25) is 0 Å². The van der Waals surface area contributed by atoms with Gasteiger partial charge in [-0.1, -0.05) is 36.7 Å². The standard InChI is InChI=1S/C18H24BrNO/c1-11-9-12(5-6-14(11)19)15(21)20-16-17(2,3)13-7-8-18(16,4)10-13/h5-6,9,13,16H,7-8,10H2,1-4H3,(H,20,21). The average molecular weight is 350 g/mol. The normalized spacial score (nSPS) is 33.2. The minimum absolute atomic E-state index is 0.0671. The van der Waals surface area contributed by atoms with Gasteiger partial charge in [-0.15, -0.1) is 0 Å². The van der Waals surface area contributed by atoms with Crippen molar-refractivity contribution in [3.8, 4) is 0 Å². The maximum absolute atomic E-state index is 12.6. The Kier molecular flexibility index (Phi) is 3.47. The van der Waals surface area contributed by atoms with E-state index in [1.165, 1.54) is 19.3 Å². The number of rotatable bonds is 2. The number of benzene rings is 1. The molecule has 2 saturated carbocycles. The highest BCUT2D eigenvalue weighted by atomic mass is 79.9. The van der Waals surface area contributed by atoms with Crippen LogP contribution in [-0.4, -0.2) is 11.9 Å². The summed E-state index contributed by atoms with van der Waals surface area (Å²) in [4.78, 5) is 12.6. The van der Waals surface area contributed by atoms with Crippen LogP contribution < -0.4 is 5.32 Å². The molecule has 0 aromatic heterocycles. The minimum atomic E-state index is 0.0671. The third-order valence-corrected chi connectivity index (χ3v) is 6.86. The highest BCUT2D eigenvalue weighted by Gasteiger charge is 2.59. The van der Waals surface area contributed by atoms with E-state index in [2.05, 4.69) is 42.0 Å². The Balaban J connectivity index is 1.83. The van der Waals surface area contributed by atoms with Gasteiger partial charge in [0.15, 0.2) is 0 Å². The van der Waals surface area contributed by atoms with Gasteiger partial charge in [0.05, 0.1) is 0 Å². The van der Waals surface area contributed by atoms with Crippen LogP contribution in [0.4, 0.5) is 0 Å². The SMILES string of the molecule is Cc1cc(C(=O)NC2C3(C)CCC(C3)C2(C)C)ccc1Br. The molecule has 1 aromatic rings. The summed E-state index contributed by atoms with van der Waals surface area (Å²) in [7, 11) is 0. The summed E-state index contributed by atoms with van der Waals surface area (Å²) < 4.78 is 1.05. The Hall–Kier alpha value is -0.830. The lowest BCUT2D eigenvalue weighted by Gasteiger charge is -2.43. The van der Waals surface area contributed by atoms with E-state index in [9.17, 15) is 4.79 Å². The summed E-state index contributed by atoms with van der Waals surface area (Å²) in [5.41, 5.74) is 2.33. The molecule has 3 rings (SSSR count). The molecule has 2 aliphatic carbocycles. The molecule has 0 heterocycles. The predicted molar refractivity (Wildman–Crippen MR) is 89.4 cm³/mol. The first-order valence-corrected chi connectivity index (χ1v) is 8.60. The van der Waals surface area contributed by atoms with E-state index >= 15 is 0 Å². The first-order chi connectivity index (χ1) is 9.74. The van der Waals surface area contributed by atoms with Gasteiger partial charge in [0.1, 0.15) is 0 Å². The summed E-state index contributed by atoms with van der Waals surface area (Å²) in [5.74, 6) is 0.817. The van der Waals surface area contributed by atoms with Gasteiger partial charge in [-0.05, 0) is 66.7 Å². The number of halogens is 1. The van der Waals surface area contributed by atoms with Gasteiger partial charge in [0.2, 0.25) is 0 Å². The van der Waals surface area contributed by atoms with Crippen LogP contribution in [-0.2, 0) is 0 Å². The van der Waals surface area contributed by atoms with Crippen molar-refractivity contribution in [2.75, 3.05) is 0 Å². The predicted octanol–water partition coefficient (Wildman–Crippen LogP) is 4.70. The molecule has 2 bridgehead atoms. The zero-order valence-corrected chi connectivity index (χ0v) is 14.9. The van der Waals surface area contributed by atoms with Crippen LogP contribution in [0.3, 0.4) is 0 Å². The highest BCUT2D eigenvalue weighted by molar-refractivity contribution is 9.10. The largest absolute Gasteiger partial charge is 0.348 e. The zero-order valence-electron chi connectivity index (χ0n) is 13.3. The number of nitrogens with one attached hydrogen (secondary N) is 1. The second-order valence-corrected chi connectivity index (χ2v) is 8.64. The molecule has 3 heteroatoms. The molecule has 2 nitrogen and oxygen atoms in total. The van der Waals surface area contributed by atoms with E-state index in [0.29, 0.717) is 0 Å². The van der Waals surface area contributed by atoms with Gasteiger partial charge in [0.25, 0.3) is 5.91 Å². The Morgan fingerprint density at radius 3 is 2.62 bits per heavy atom. The van der Waals surface area contributed by atoms with Gasteiger partial charge in [-0.2, -0.15) is 0 Å². The number of hydrogen-bond donors (Lipinski definition) is 1. The lowest BCUT2D eigenvalue weighted by atomic mass is 9.68. The van der Waals surface area contributed by atoms with Gasteiger partial charge < -0.3 is 5.32 Å². The molecule has 1 N–H and O–H groups in total. The zero-order chi connectivity index (χ0) is 15.4. The van der Waals surface area contributed by atoms with Crippen LogP contribution in [0.25, 0.3) is 0 Å². The molecule has 1 amide bonds. The molecule has 2 aliphatic rings. The maximum atomic E-state index is 12.6. The fourth-order valence-electron chi connectivity index (χ4n) is 4.66. The van der Waals surface area contributed by atoms with E-state index in [1.54, 1.807) is 0 Å². The molecule has 3 atom stereocenters. The lowest BCUT2D eigenvalue weighted by Crippen LogP contribution is -2.52. The number of amides is 1. The van der Waals surface area contributed by atoms with Crippen molar-refractivity contribution in [3.63, 3.8) is 0 Å². The Morgan fingerprint density at radius 1 is 1.33 bits per heavy atom. The fourth-order valence-corrected chi connectivity index (χ4v) is 4.91. The van der Waals surface area contributed by atoms with E-state index in [4.69, 9.17) is 0 Å². The summed E-state index contributed by atoms with van der Waals surface area (Å²) in [6, 6.07) is 6.09. The molecule has 0 spiro atoms. The topological polar surface area (TPSA) is 29.1 Å². The van der Waals surface area contributed by atoms with Gasteiger partial charge in [0, 0.05) is 16.1 Å². The van der Waals surface area contributed by atoms with E-state index in [0.717, 1.165) is 21.5 Å². The van der Waals surface area contributed by atoms with Crippen LogP contribution in [0.5, 0.6) is 0 Å². The van der Waals surface area contributed by atoms with Gasteiger partial charge in [-0.3, -0.25) is 4.79 Å². The smallest absolute Gasteiger partial charge is 0.251 e. The van der Waals surface area contributed by atoms with Crippen LogP contribution >= 0.6 is 15.9 Å². The second-order valence-electron chi connectivity index (χ2n) is 7.79. The van der Waals surface area contributed by atoms with Gasteiger partial charge >= 0.3 is 0 Å². The summed E-state index contributed by atoms with van der Waals surface area (Å²) in [5, 5.41) is 3.35. The third kappa shape index (κ3) is 2.34. The van der Waals surface area contributed by atoms with E-state index < -0.39 is 0 Å². The van der Waals surface area contributed by atoms with Crippen molar-refractivity contribution in [1.82, 2.24) is 5.32 Å². The quantitative estimate of drug-likeness (QED) is 0.823. The molecule has 3 unspecified atom stereocenters. The van der Waals surface area contributed by atoms with Gasteiger partial charge in [-0.25, -0.2) is 0 Å². The number of hydrogen-bond acceptors (Lipinski definition) is 1. The average Bonchev–Trinajstić information content (AvgIpc) is 2.89. The molecule has 0 radical (unpaired) electrons. The molecular formula is C18H24BrNO. The molecule has 1 aromatic carbocycles.